The molecule has 0 fully saturated rings. The lowest BCUT2D eigenvalue weighted by Gasteiger charge is -2.14. The van der Waals surface area contributed by atoms with Gasteiger partial charge in [-0.25, -0.2) is 0 Å². The summed E-state index contributed by atoms with van der Waals surface area (Å²) in [6.07, 6.45) is 0.816. The number of aldehydes is 1. The number of carbonyl (C=O) groups is 5. The van der Waals surface area contributed by atoms with Crippen LogP contribution in [0.15, 0.2) is 34.7 Å². The maximum atomic E-state index is 12.3. The molecule has 0 amide bonds. The van der Waals surface area contributed by atoms with E-state index in [1.54, 1.807) is 25.3 Å². The molecular weight excluding hydrogens is 430 g/mol. The van der Waals surface area contributed by atoms with Crippen LogP contribution in [0.25, 0.3) is 0 Å². The second kappa shape index (κ2) is 12.0. The molecular formula is C24H27NO8. The third-order valence-electron chi connectivity index (χ3n) is 4.87. The first-order valence-corrected chi connectivity index (χ1v) is 10.4. The molecule has 1 aliphatic carbocycles. The van der Waals surface area contributed by atoms with Gasteiger partial charge in [0.2, 0.25) is 11.6 Å². The topological polar surface area (TPSA) is 143 Å². The molecule has 1 atom stereocenters. The van der Waals surface area contributed by atoms with Gasteiger partial charge in [0.25, 0.3) is 0 Å². The Kier molecular flexibility index (Phi) is 9.38. The van der Waals surface area contributed by atoms with Gasteiger partial charge in [0.15, 0.2) is 17.3 Å². The Balaban J connectivity index is 0.000000260. The molecule has 0 saturated heterocycles. The molecule has 1 aromatic carbocycles. The van der Waals surface area contributed by atoms with Crippen molar-refractivity contribution in [1.29, 1.82) is 0 Å². The summed E-state index contributed by atoms with van der Waals surface area (Å²) in [7, 11) is 1.61. The number of hydrogen-bond acceptors (Lipinski definition) is 9. The molecule has 1 aliphatic rings. The zero-order valence-corrected chi connectivity index (χ0v) is 18.8. The van der Waals surface area contributed by atoms with Crippen LogP contribution in [0.3, 0.4) is 0 Å². The molecule has 3 rings (SSSR count). The van der Waals surface area contributed by atoms with Gasteiger partial charge in [-0.15, -0.1) is 0 Å². The van der Waals surface area contributed by atoms with E-state index >= 15 is 0 Å². The summed E-state index contributed by atoms with van der Waals surface area (Å²) >= 11 is 0. The average Bonchev–Trinajstić information content (AvgIpc) is 3.26. The largest absolute Gasteiger partial charge is 0.464 e. The lowest BCUT2D eigenvalue weighted by atomic mass is 9.88. The van der Waals surface area contributed by atoms with Crippen molar-refractivity contribution in [1.82, 2.24) is 0 Å². The SMILES string of the molecule is COCCCOC(=O)C(N)C(C)C.O=CCC(=O)c1cc2c(o1)C(=O)c1ccccc1C2=O. The molecule has 1 aromatic heterocycles. The van der Waals surface area contributed by atoms with Crippen LogP contribution in [0.4, 0.5) is 0 Å². The monoisotopic (exact) mass is 457 g/mol. The summed E-state index contributed by atoms with van der Waals surface area (Å²) < 4.78 is 14.9. The van der Waals surface area contributed by atoms with Crippen molar-refractivity contribution in [3.63, 3.8) is 0 Å². The van der Waals surface area contributed by atoms with Gasteiger partial charge in [-0.1, -0.05) is 38.1 Å². The number of rotatable bonds is 9. The highest BCUT2D eigenvalue weighted by atomic mass is 16.5. The Morgan fingerprint density at radius 1 is 1.06 bits per heavy atom. The number of nitrogens with two attached hydrogens (primary N) is 1. The van der Waals surface area contributed by atoms with E-state index in [-0.39, 0.29) is 46.7 Å². The quantitative estimate of drug-likeness (QED) is 0.168. The summed E-state index contributed by atoms with van der Waals surface area (Å²) in [5.74, 6) is -1.83. The molecule has 0 spiro atoms. The molecule has 1 unspecified atom stereocenters. The van der Waals surface area contributed by atoms with Gasteiger partial charge in [-0.3, -0.25) is 19.2 Å². The summed E-state index contributed by atoms with van der Waals surface area (Å²) in [6.45, 7) is 4.76. The molecule has 0 radical (unpaired) electrons. The third kappa shape index (κ3) is 6.30. The van der Waals surface area contributed by atoms with Crippen molar-refractivity contribution in [2.24, 2.45) is 11.7 Å². The molecule has 2 aromatic rings. The number of carbonyl (C=O) groups excluding carboxylic acids is 5. The molecule has 0 bridgehead atoms. The van der Waals surface area contributed by atoms with E-state index in [0.29, 0.717) is 31.5 Å². The molecule has 9 heteroatoms. The molecule has 0 saturated carbocycles. The Morgan fingerprint density at radius 2 is 1.70 bits per heavy atom. The first-order valence-electron chi connectivity index (χ1n) is 10.4. The standard InChI is InChI=1S/C15H8O5.C9H19NO3/c16-6-5-11(17)12-7-10-13(18)8-3-1-2-4-9(8)14(19)15(10)20-12;1-7(2)8(10)9(11)13-6-4-5-12-3/h1-4,6-7H,5H2;7-8H,4-6,10H2,1-3H3. The Labute approximate surface area is 191 Å². The number of ether oxygens (including phenoxy) is 2. The highest BCUT2D eigenvalue weighted by Crippen LogP contribution is 2.29. The van der Waals surface area contributed by atoms with Crippen LogP contribution in [0.1, 0.15) is 69.3 Å². The predicted molar refractivity (Wildman–Crippen MR) is 117 cm³/mol. The zero-order chi connectivity index (χ0) is 24.5. The minimum Gasteiger partial charge on any atom is -0.464 e. The van der Waals surface area contributed by atoms with Crippen molar-refractivity contribution >= 4 is 29.6 Å². The summed E-state index contributed by atoms with van der Waals surface area (Å²) in [5.41, 5.74) is 6.19. The first-order chi connectivity index (χ1) is 15.7. The van der Waals surface area contributed by atoms with Gasteiger partial charge in [-0.2, -0.15) is 0 Å². The first kappa shape index (κ1) is 25.8. The van der Waals surface area contributed by atoms with Crippen LogP contribution < -0.4 is 5.73 Å². The molecule has 0 aliphatic heterocycles. The number of fused-ring (bicyclic) bond motifs is 2. The minimum absolute atomic E-state index is 0.0722. The average molecular weight is 457 g/mol. The third-order valence-corrected chi connectivity index (χ3v) is 4.87. The van der Waals surface area contributed by atoms with Crippen molar-refractivity contribution in [2.45, 2.75) is 32.7 Å². The summed E-state index contributed by atoms with van der Waals surface area (Å²) in [5, 5.41) is 0. The summed E-state index contributed by atoms with van der Waals surface area (Å²) in [6, 6.07) is 7.12. The van der Waals surface area contributed by atoms with Crippen LogP contribution in [-0.2, 0) is 19.1 Å². The highest BCUT2D eigenvalue weighted by Gasteiger charge is 2.34. The van der Waals surface area contributed by atoms with E-state index in [1.165, 1.54) is 12.1 Å². The van der Waals surface area contributed by atoms with Crippen molar-refractivity contribution in [3.05, 3.63) is 58.5 Å². The second-order valence-electron chi connectivity index (χ2n) is 7.63. The summed E-state index contributed by atoms with van der Waals surface area (Å²) in [4.78, 5) is 57.6. The smallest absolute Gasteiger partial charge is 0.323 e. The maximum absolute atomic E-state index is 12.3. The number of benzene rings is 1. The lowest BCUT2D eigenvalue weighted by molar-refractivity contribution is -0.146. The number of methoxy groups -OCH3 is 1. The van der Waals surface area contributed by atoms with E-state index in [9.17, 15) is 24.0 Å². The van der Waals surface area contributed by atoms with Crippen LogP contribution in [0.5, 0.6) is 0 Å². The number of ketones is 3. The van der Waals surface area contributed by atoms with Gasteiger partial charge in [-0.05, 0) is 12.0 Å². The van der Waals surface area contributed by atoms with E-state index < -0.39 is 17.6 Å². The maximum Gasteiger partial charge on any atom is 0.323 e. The Hall–Kier alpha value is -3.43. The van der Waals surface area contributed by atoms with Crippen LogP contribution in [-0.4, -0.2) is 56.0 Å². The number of Topliss-reactive ketones (excluding diaryl/α,β-unsaturated/α-hetero) is 1. The van der Waals surface area contributed by atoms with Crippen LogP contribution >= 0.6 is 0 Å². The van der Waals surface area contributed by atoms with Crippen molar-refractivity contribution in [3.8, 4) is 0 Å². The minimum atomic E-state index is -0.556. The zero-order valence-electron chi connectivity index (χ0n) is 18.8. The fourth-order valence-corrected chi connectivity index (χ4v) is 2.93. The van der Waals surface area contributed by atoms with Crippen LogP contribution in [0.2, 0.25) is 0 Å². The molecule has 1 heterocycles. The van der Waals surface area contributed by atoms with Gasteiger partial charge in [0, 0.05) is 31.3 Å². The van der Waals surface area contributed by atoms with Crippen molar-refractivity contribution < 1.29 is 37.9 Å². The van der Waals surface area contributed by atoms with E-state index in [4.69, 9.17) is 19.6 Å². The van der Waals surface area contributed by atoms with Crippen LogP contribution in [0, 0.1) is 5.92 Å². The molecule has 2 N–H and O–H groups in total. The Morgan fingerprint density at radius 3 is 2.27 bits per heavy atom. The lowest BCUT2D eigenvalue weighted by Crippen LogP contribution is -2.37. The molecule has 9 nitrogen and oxygen atoms in total. The van der Waals surface area contributed by atoms with E-state index in [1.807, 2.05) is 13.8 Å². The van der Waals surface area contributed by atoms with Gasteiger partial charge in [0.1, 0.15) is 12.3 Å². The van der Waals surface area contributed by atoms with Gasteiger partial charge < -0.3 is 24.4 Å². The molecule has 33 heavy (non-hydrogen) atoms. The van der Waals surface area contributed by atoms with Gasteiger partial charge in [0.05, 0.1) is 18.6 Å². The fourth-order valence-electron chi connectivity index (χ4n) is 2.93. The number of furan rings is 1. The molecule has 176 valence electrons. The second-order valence-corrected chi connectivity index (χ2v) is 7.63. The Bertz CT molecular complexity index is 984. The number of esters is 1. The van der Waals surface area contributed by atoms with Crippen molar-refractivity contribution in [2.75, 3.05) is 20.3 Å². The predicted octanol–water partition coefficient (Wildman–Crippen LogP) is 2.38. The highest BCUT2D eigenvalue weighted by molar-refractivity contribution is 6.27. The number of hydrogen-bond donors (Lipinski definition) is 1. The normalized spacial score (nSPS) is 12.9. The van der Waals surface area contributed by atoms with E-state index in [0.717, 1.165) is 0 Å². The van der Waals surface area contributed by atoms with Gasteiger partial charge >= 0.3 is 5.97 Å². The fraction of sp³-hybridized carbons (Fsp3) is 0.375. The van der Waals surface area contributed by atoms with E-state index in [2.05, 4.69) is 0 Å².